The number of anilines is 1. The molecule has 2 unspecified atom stereocenters. The summed E-state index contributed by atoms with van der Waals surface area (Å²) in [6, 6.07) is 19.8. The Morgan fingerprint density at radius 2 is 1.71 bits per heavy atom. The minimum Gasteiger partial charge on any atom is -0.410 e. The molecule has 0 saturated carbocycles. The van der Waals surface area contributed by atoms with Gasteiger partial charge in [-0.15, -0.1) is 11.3 Å². The van der Waals surface area contributed by atoms with Crippen molar-refractivity contribution in [3.05, 3.63) is 82.8 Å². The lowest BCUT2D eigenvalue weighted by Gasteiger charge is -2.42. The van der Waals surface area contributed by atoms with Gasteiger partial charge in [-0.2, -0.15) is 0 Å². The van der Waals surface area contributed by atoms with Gasteiger partial charge in [0.1, 0.15) is 11.6 Å². The highest BCUT2D eigenvalue weighted by Crippen LogP contribution is 2.30. The first-order chi connectivity index (χ1) is 15.1. The Bertz CT molecular complexity index is 958. The summed E-state index contributed by atoms with van der Waals surface area (Å²) >= 11 is 1.69. The molecule has 5 nitrogen and oxygen atoms in total. The summed E-state index contributed by atoms with van der Waals surface area (Å²) in [5.74, 6) is 0.301. The van der Waals surface area contributed by atoms with Crippen LogP contribution in [-0.2, 0) is 0 Å². The first kappa shape index (κ1) is 21.3. The number of benzene rings is 2. The molecule has 1 aromatic heterocycles. The minimum atomic E-state index is -0.454. The number of halogens is 1. The molecule has 1 aliphatic rings. The Kier molecular flexibility index (Phi) is 6.84. The van der Waals surface area contributed by atoms with Crippen molar-refractivity contribution in [2.75, 3.05) is 31.1 Å². The maximum absolute atomic E-state index is 13.2. The van der Waals surface area contributed by atoms with Gasteiger partial charge in [-0.25, -0.2) is 9.18 Å². The third kappa shape index (κ3) is 5.42. The van der Waals surface area contributed by atoms with E-state index in [0.717, 1.165) is 31.9 Å². The Labute approximate surface area is 186 Å². The Hall–Kier alpha value is -2.90. The number of hydrogen-bond acceptors (Lipinski definition) is 5. The summed E-state index contributed by atoms with van der Waals surface area (Å²) in [5, 5.41) is 5.07. The van der Waals surface area contributed by atoms with Gasteiger partial charge < -0.3 is 15.0 Å². The number of ether oxygens (including phenoxy) is 1. The molecule has 4 rings (SSSR count). The molecular weight excluding hydrogens is 413 g/mol. The van der Waals surface area contributed by atoms with Crippen molar-refractivity contribution in [1.29, 1.82) is 0 Å². The molecule has 3 aromatic rings. The first-order valence-corrected chi connectivity index (χ1v) is 11.3. The lowest BCUT2D eigenvalue weighted by molar-refractivity contribution is 0.146. The van der Waals surface area contributed by atoms with Gasteiger partial charge in [0, 0.05) is 42.8 Å². The van der Waals surface area contributed by atoms with Crippen molar-refractivity contribution in [3.63, 3.8) is 0 Å². The number of thiophene rings is 1. The first-order valence-electron chi connectivity index (χ1n) is 10.4. The smallest absolute Gasteiger partial charge is 0.410 e. The van der Waals surface area contributed by atoms with Gasteiger partial charge in [-0.05, 0) is 54.8 Å². The predicted octanol–water partition coefficient (Wildman–Crippen LogP) is 4.93. The van der Waals surface area contributed by atoms with Crippen molar-refractivity contribution < 1.29 is 13.9 Å². The minimum absolute atomic E-state index is 0.0543. The van der Waals surface area contributed by atoms with Crippen LogP contribution < -0.4 is 15.0 Å². The molecule has 1 fully saturated rings. The topological polar surface area (TPSA) is 44.8 Å². The summed E-state index contributed by atoms with van der Waals surface area (Å²) in [7, 11) is 0. The number of rotatable bonds is 6. The average molecular weight is 440 g/mol. The van der Waals surface area contributed by atoms with Crippen molar-refractivity contribution >= 4 is 23.1 Å². The predicted molar refractivity (Wildman–Crippen MR) is 122 cm³/mol. The molecule has 1 aliphatic heterocycles. The second-order valence-electron chi connectivity index (χ2n) is 7.60. The molecule has 1 saturated heterocycles. The van der Waals surface area contributed by atoms with Crippen LogP contribution in [0.5, 0.6) is 5.75 Å². The lowest BCUT2D eigenvalue weighted by atomic mass is 10.0. The lowest BCUT2D eigenvalue weighted by Crippen LogP contribution is -2.52. The summed E-state index contributed by atoms with van der Waals surface area (Å²) < 4.78 is 18.7. The number of amides is 1. The van der Waals surface area contributed by atoms with Crippen molar-refractivity contribution in [2.24, 2.45) is 0 Å². The molecule has 0 aliphatic carbocycles. The number of nitrogens with one attached hydrogen (secondary N) is 1. The van der Waals surface area contributed by atoms with E-state index in [1.807, 2.05) is 43.3 Å². The standard InChI is InChI=1S/C24H26FN3O2S/c1-18(26-24(29)30-21-6-3-2-4-7-21)23(22-8-5-17-31-22)28-15-13-27(14-16-28)20-11-9-19(25)10-12-20/h2-12,17-18,23H,13-16H2,1H3,(H,26,29). The van der Waals surface area contributed by atoms with Crippen LogP contribution in [0.4, 0.5) is 14.9 Å². The zero-order valence-electron chi connectivity index (χ0n) is 17.4. The number of carbonyl (C=O) groups is 1. The molecule has 2 atom stereocenters. The van der Waals surface area contributed by atoms with Crippen molar-refractivity contribution in [3.8, 4) is 5.75 Å². The second kappa shape index (κ2) is 9.94. The molecule has 1 amide bonds. The van der Waals surface area contributed by atoms with Crippen LogP contribution in [0.15, 0.2) is 72.1 Å². The van der Waals surface area contributed by atoms with Crippen LogP contribution in [0, 0.1) is 5.82 Å². The molecule has 0 spiro atoms. The van der Waals surface area contributed by atoms with E-state index in [-0.39, 0.29) is 17.9 Å². The third-order valence-corrected chi connectivity index (χ3v) is 6.45. The summed E-state index contributed by atoms with van der Waals surface area (Å²) in [6.07, 6.45) is -0.454. The Morgan fingerprint density at radius 1 is 1.00 bits per heavy atom. The quantitative estimate of drug-likeness (QED) is 0.592. The van der Waals surface area contributed by atoms with Crippen LogP contribution in [-0.4, -0.2) is 43.2 Å². The molecule has 2 aromatic carbocycles. The molecule has 1 N–H and O–H groups in total. The average Bonchev–Trinajstić information content (AvgIpc) is 3.30. The molecule has 31 heavy (non-hydrogen) atoms. The highest BCUT2D eigenvalue weighted by atomic mass is 32.1. The van der Waals surface area contributed by atoms with Gasteiger partial charge >= 0.3 is 6.09 Å². The Morgan fingerprint density at radius 3 is 2.35 bits per heavy atom. The summed E-state index contributed by atoms with van der Waals surface area (Å²) in [5.41, 5.74) is 1.03. The van der Waals surface area contributed by atoms with Gasteiger partial charge in [-0.3, -0.25) is 4.90 Å². The number of nitrogens with zero attached hydrogens (tertiary/aromatic N) is 2. The summed E-state index contributed by atoms with van der Waals surface area (Å²) in [4.78, 5) is 18.3. The van der Waals surface area contributed by atoms with Gasteiger partial charge in [0.2, 0.25) is 0 Å². The highest BCUT2D eigenvalue weighted by Gasteiger charge is 2.31. The van der Waals surface area contributed by atoms with Crippen LogP contribution in [0.1, 0.15) is 17.8 Å². The van der Waals surface area contributed by atoms with E-state index in [2.05, 4.69) is 26.6 Å². The van der Waals surface area contributed by atoms with Gasteiger partial charge in [-0.1, -0.05) is 24.3 Å². The van der Waals surface area contributed by atoms with E-state index < -0.39 is 6.09 Å². The normalized spacial score (nSPS) is 16.5. The van der Waals surface area contributed by atoms with Crippen LogP contribution in [0.25, 0.3) is 0 Å². The highest BCUT2D eigenvalue weighted by molar-refractivity contribution is 7.10. The number of carbonyl (C=O) groups excluding carboxylic acids is 1. The largest absolute Gasteiger partial charge is 0.412 e. The van der Waals surface area contributed by atoms with Gasteiger partial charge in [0.05, 0.1) is 6.04 Å². The Balaban J connectivity index is 1.41. The maximum atomic E-state index is 13.2. The van der Waals surface area contributed by atoms with E-state index in [0.29, 0.717) is 5.75 Å². The molecule has 0 bridgehead atoms. The molecule has 162 valence electrons. The fraction of sp³-hybridized carbons (Fsp3) is 0.292. The van der Waals surface area contributed by atoms with Crippen LogP contribution in [0.2, 0.25) is 0 Å². The molecular formula is C24H26FN3O2S. The van der Waals surface area contributed by atoms with E-state index in [4.69, 9.17) is 4.74 Å². The second-order valence-corrected chi connectivity index (χ2v) is 8.57. The van der Waals surface area contributed by atoms with Crippen molar-refractivity contribution in [1.82, 2.24) is 10.2 Å². The summed E-state index contributed by atoms with van der Waals surface area (Å²) in [6.45, 7) is 5.39. The third-order valence-electron chi connectivity index (χ3n) is 5.51. The fourth-order valence-corrected chi connectivity index (χ4v) is 4.97. The van der Waals surface area contributed by atoms with E-state index in [9.17, 15) is 9.18 Å². The molecule has 2 heterocycles. The van der Waals surface area contributed by atoms with E-state index >= 15 is 0 Å². The zero-order valence-corrected chi connectivity index (χ0v) is 18.2. The fourth-order valence-electron chi connectivity index (χ4n) is 4.00. The zero-order chi connectivity index (χ0) is 21.6. The maximum Gasteiger partial charge on any atom is 0.412 e. The molecule has 0 radical (unpaired) electrons. The SMILES string of the molecule is CC(NC(=O)Oc1ccccc1)C(c1cccs1)N1CCN(c2ccc(F)cc2)CC1. The van der Waals surface area contributed by atoms with Gasteiger partial charge in [0.25, 0.3) is 0 Å². The number of para-hydroxylation sites is 1. The van der Waals surface area contributed by atoms with E-state index in [1.54, 1.807) is 23.5 Å². The monoisotopic (exact) mass is 439 g/mol. The number of hydrogen-bond donors (Lipinski definition) is 1. The molecule has 7 heteroatoms. The van der Waals surface area contributed by atoms with E-state index in [1.165, 1.54) is 17.0 Å². The van der Waals surface area contributed by atoms with Crippen LogP contribution >= 0.6 is 11.3 Å². The number of piperazine rings is 1. The van der Waals surface area contributed by atoms with Crippen LogP contribution in [0.3, 0.4) is 0 Å². The van der Waals surface area contributed by atoms with Gasteiger partial charge in [0.15, 0.2) is 0 Å². The van der Waals surface area contributed by atoms with Crippen molar-refractivity contribution in [2.45, 2.75) is 19.0 Å².